The Labute approximate surface area is 119 Å². The van der Waals surface area contributed by atoms with Gasteiger partial charge in [0.05, 0.1) is 18.2 Å². The number of amides is 1. The van der Waals surface area contributed by atoms with Crippen LogP contribution in [0.3, 0.4) is 0 Å². The quantitative estimate of drug-likeness (QED) is 0.839. The van der Waals surface area contributed by atoms with Gasteiger partial charge in [-0.15, -0.1) is 0 Å². The minimum atomic E-state index is -0.560. The number of anilines is 1. The Bertz CT molecular complexity index is 461. The van der Waals surface area contributed by atoms with Crippen LogP contribution >= 0.6 is 0 Å². The zero-order valence-corrected chi connectivity index (χ0v) is 12.5. The third kappa shape index (κ3) is 4.49. The van der Waals surface area contributed by atoms with Crippen molar-refractivity contribution in [2.24, 2.45) is 5.92 Å². The first kappa shape index (κ1) is 16.4. The zero-order valence-electron chi connectivity index (χ0n) is 12.5. The van der Waals surface area contributed by atoms with Gasteiger partial charge in [0.15, 0.2) is 0 Å². The van der Waals surface area contributed by atoms with Crippen LogP contribution in [0.15, 0.2) is 18.2 Å². The van der Waals surface area contributed by atoms with Gasteiger partial charge in [0, 0.05) is 19.8 Å². The lowest BCUT2D eigenvalue weighted by Gasteiger charge is -2.19. The molecule has 0 aliphatic heterocycles. The first-order chi connectivity index (χ1) is 9.35. The number of carbonyl (C=O) groups excluding carboxylic acids is 1. The number of benzene rings is 1. The number of halogens is 1. The van der Waals surface area contributed by atoms with Crippen molar-refractivity contribution < 1.29 is 14.3 Å². The van der Waals surface area contributed by atoms with Crippen molar-refractivity contribution in [3.63, 3.8) is 0 Å². The van der Waals surface area contributed by atoms with E-state index in [1.807, 2.05) is 13.8 Å². The minimum absolute atomic E-state index is 0.00203. The summed E-state index contributed by atoms with van der Waals surface area (Å²) in [4.78, 5) is 13.8. The van der Waals surface area contributed by atoms with E-state index in [0.29, 0.717) is 18.0 Å². The van der Waals surface area contributed by atoms with Crippen LogP contribution in [0.5, 0.6) is 0 Å². The van der Waals surface area contributed by atoms with Gasteiger partial charge in [0.25, 0.3) is 5.91 Å². The van der Waals surface area contributed by atoms with Gasteiger partial charge in [0.1, 0.15) is 5.82 Å². The molecule has 112 valence electrons. The lowest BCUT2D eigenvalue weighted by molar-refractivity contribution is 0.0904. The molecule has 0 saturated heterocycles. The Balaban J connectivity index is 2.81. The van der Waals surface area contributed by atoms with E-state index in [1.165, 1.54) is 12.1 Å². The Morgan fingerprint density at radius 1 is 1.40 bits per heavy atom. The molecule has 1 aromatic carbocycles. The average molecular weight is 282 g/mol. The van der Waals surface area contributed by atoms with E-state index in [1.54, 1.807) is 25.1 Å². The van der Waals surface area contributed by atoms with Crippen molar-refractivity contribution in [1.29, 1.82) is 0 Å². The standard InChI is InChI=1S/C15H23FN2O2/c1-10(2)7-11(9-19)17-15(20)13-6-5-12(18(3)4)8-14(13)16/h5-6,8,10-11,19H,7,9H2,1-4H3,(H,17,20). The average Bonchev–Trinajstić information content (AvgIpc) is 2.36. The molecule has 0 bridgehead atoms. The fourth-order valence-electron chi connectivity index (χ4n) is 1.98. The number of aliphatic hydroxyl groups excluding tert-OH is 1. The van der Waals surface area contributed by atoms with E-state index >= 15 is 0 Å². The Hall–Kier alpha value is -1.62. The van der Waals surface area contributed by atoms with Crippen molar-refractivity contribution >= 4 is 11.6 Å². The Morgan fingerprint density at radius 3 is 2.50 bits per heavy atom. The van der Waals surface area contributed by atoms with Gasteiger partial charge in [-0.25, -0.2) is 4.39 Å². The van der Waals surface area contributed by atoms with Gasteiger partial charge in [0.2, 0.25) is 0 Å². The summed E-state index contributed by atoms with van der Waals surface area (Å²) >= 11 is 0. The fourth-order valence-corrected chi connectivity index (χ4v) is 1.98. The second kappa shape index (κ2) is 7.24. The molecule has 5 heteroatoms. The monoisotopic (exact) mass is 282 g/mol. The lowest BCUT2D eigenvalue weighted by Crippen LogP contribution is -2.38. The first-order valence-electron chi connectivity index (χ1n) is 6.73. The lowest BCUT2D eigenvalue weighted by atomic mass is 10.0. The third-order valence-corrected chi connectivity index (χ3v) is 3.03. The highest BCUT2D eigenvalue weighted by Gasteiger charge is 2.17. The molecule has 0 aliphatic carbocycles. The number of hydrogen-bond donors (Lipinski definition) is 2. The predicted octanol–water partition coefficient (Wildman–Crippen LogP) is 2.03. The van der Waals surface area contributed by atoms with Gasteiger partial charge in [-0.2, -0.15) is 0 Å². The maximum atomic E-state index is 13.9. The largest absolute Gasteiger partial charge is 0.394 e. The maximum Gasteiger partial charge on any atom is 0.254 e. The molecule has 0 aliphatic rings. The first-order valence-corrected chi connectivity index (χ1v) is 6.73. The summed E-state index contributed by atoms with van der Waals surface area (Å²) in [6.07, 6.45) is 0.652. The molecule has 1 atom stereocenters. The smallest absolute Gasteiger partial charge is 0.254 e. The van der Waals surface area contributed by atoms with E-state index in [9.17, 15) is 14.3 Å². The van der Waals surface area contributed by atoms with Crippen molar-refractivity contribution in [1.82, 2.24) is 5.32 Å². The van der Waals surface area contributed by atoms with Crippen molar-refractivity contribution in [3.8, 4) is 0 Å². The van der Waals surface area contributed by atoms with Gasteiger partial charge < -0.3 is 15.3 Å². The van der Waals surface area contributed by atoms with Crippen molar-refractivity contribution in [2.75, 3.05) is 25.6 Å². The van der Waals surface area contributed by atoms with E-state index in [-0.39, 0.29) is 18.2 Å². The van der Waals surface area contributed by atoms with Crippen LogP contribution in [0.4, 0.5) is 10.1 Å². The predicted molar refractivity (Wildman–Crippen MR) is 78.5 cm³/mol. The molecule has 1 rings (SSSR count). The highest BCUT2D eigenvalue weighted by atomic mass is 19.1. The van der Waals surface area contributed by atoms with Crippen LogP contribution in [0.25, 0.3) is 0 Å². The molecule has 1 aromatic rings. The van der Waals surface area contributed by atoms with Crippen molar-refractivity contribution in [2.45, 2.75) is 26.3 Å². The summed E-state index contributed by atoms with van der Waals surface area (Å²) in [5.74, 6) is -0.712. The van der Waals surface area contributed by atoms with Crippen LogP contribution in [-0.2, 0) is 0 Å². The molecular weight excluding hydrogens is 259 g/mol. The molecule has 20 heavy (non-hydrogen) atoms. The van der Waals surface area contributed by atoms with E-state index < -0.39 is 11.7 Å². The number of carbonyl (C=O) groups is 1. The summed E-state index contributed by atoms with van der Waals surface area (Å²) in [6, 6.07) is 4.12. The molecule has 4 nitrogen and oxygen atoms in total. The number of hydrogen-bond acceptors (Lipinski definition) is 3. The SMILES string of the molecule is CC(C)CC(CO)NC(=O)c1ccc(N(C)C)cc1F. The fraction of sp³-hybridized carbons (Fsp3) is 0.533. The summed E-state index contributed by atoms with van der Waals surface area (Å²) in [7, 11) is 3.61. The van der Waals surface area contributed by atoms with Gasteiger partial charge in [-0.1, -0.05) is 13.8 Å². The molecule has 0 aromatic heterocycles. The third-order valence-electron chi connectivity index (χ3n) is 3.03. The second-order valence-electron chi connectivity index (χ2n) is 5.54. The van der Waals surface area contributed by atoms with E-state index in [2.05, 4.69) is 5.32 Å². The molecule has 0 spiro atoms. The number of rotatable bonds is 6. The summed E-state index contributed by atoms with van der Waals surface area (Å²) < 4.78 is 13.9. The van der Waals surface area contributed by atoms with Gasteiger partial charge in [-0.05, 0) is 30.5 Å². The molecule has 0 fully saturated rings. The van der Waals surface area contributed by atoms with E-state index in [0.717, 1.165) is 0 Å². The van der Waals surface area contributed by atoms with Crippen LogP contribution < -0.4 is 10.2 Å². The summed E-state index contributed by atoms with van der Waals surface area (Å²) in [5.41, 5.74) is 0.692. The maximum absolute atomic E-state index is 13.9. The number of nitrogens with one attached hydrogen (secondary N) is 1. The molecule has 1 amide bonds. The molecule has 2 N–H and O–H groups in total. The normalized spacial score (nSPS) is 12.3. The molecule has 1 unspecified atom stereocenters. The van der Waals surface area contributed by atoms with Crippen LogP contribution in [-0.4, -0.2) is 37.8 Å². The zero-order chi connectivity index (χ0) is 15.3. The molecule has 0 saturated carbocycles. The Kier molecular flexibility index (Phi) is 5.95. The van der Waals surface area contributed by atoms with Crippen LogP contribution in [0.2, 0.25) is 0 Å². The van der Waals surface area contributed by atoms with Gasteiger partial charge in [-0.3, -0.25) is 4.79 Å². The number of aliphatic hydroxyl groups is 1. The van der Waals surface area contributed by atoms with Crippen LogP contribution in [0.1, 0.15) is 30.6 Å². The minimum Gasteiger partial charge on any atom is -0.394 e. The van der Waals surface area contributed by atoms with Crippen LogP contribution in [0, 0.1) is 11.7 Å². The second-order valence-corrected chi connectivity index (χ2v) is 5.54. The number of nitrogens with zero attached hydrogens (tertiary/aromatic N) is 1. The molecule has 0 heterocycles. The van der Waals surface area contributed by atoms with Gasteiger partial charge >= 0.3 is 0 Å². The highest BCUT2D eigenvalue weighted by molar-refractivity contribution is 5.95. The molecular formula is C15H23FN2O2. The summed E-state index contributed by atoms with van der Waals surface area (Å²) in [6.45, 7) is 3.85. The topological polar surface area (TPSA) is 52.6 Å². The highest BCUT2D eigenvalue weighted by Crippen LogP contribution is 2.17. The Morgan fingerprint density at radius 2 is 2.05 bits per heavy atom. The van der Waals surface area contributed by atoms with E-state index in [4.69, 9.17) is 0 Å². The van der Waals surface area contributed by atoms with Crippen molar-refractivity contribution in [3.05, 3.63) is 29.6 Å². The molecule has 0 radical (unpaired) electrons. The summed E-state index contributed by atoms with van der Waals surface area (Å²) in [5, 5.41) is 11.9.